The quantitative estimate of drug-likeness (QED) is 0.795. The van der Waals surface area contributed by atoms with Crippen molar-refractivity contribution in [2.45, 2.75) is 51.9 Å². The van der Waals surface area contributed by atoms with E-state index in [4.69, 9.17) is 5.73 Å². The molecule has 2 atom stereocenters. The maximum atomic E-state index is 12.6. The van der Waals surface area contributed by atoms with Gasteiger partial charge in [0.25, 0.3) is 0 Å². The fourth-order valence-electron chi connectivity index (χ4n) is 2.16. The zero-order valence-corrected chi connectivity index (χ0v) is 13.9. The Kier molecular flexibility index (Phi) is 9.13. The summed E-state index contributed by atoms with van der Waals surface area (Å²) in [6.45, 7) is 6.03. The predicted molar refractivity (Wildman–Crippen MR) is 85.0 cm³/mol. The van der Waals surface area contributed by atoms with Gasteiger partial charge in [-0.1, -0.05) is 20.8 Å². The van der Waals surface area contributed by atoms with Crippen molar-refractivity contribution in [1.82, 2.24) is 0 Å². The van der Waals surface area contributed by atoms with Crippen molar-refractivity contribution in [3.8, 4) is 0 Å². The van der Waals surface area contributed by atoms with Crippen molar-refractivity contribution < 1.29 is 17.9 Å². The van der Waals surface area contributed by atoms with E-state index in [0.717, 1.165) is 24.2 Å². The highest BCUT2D eigenvalue weighted by Gasteiger charge is 2.32. The second-order valence-electron chi connectivity index (χ2n) is 4.80. The first-order valence-electron chi connectivity index (χ1n) is 7.46. The van der Waals surface area contributed by atoms with Gasteiger partial charge >= 0.3 is 6.18 Å². The minimum atomic E-state index is -4.31. The first-order chi connectivity index (χ1) is 10.3. The minimum absolute atomic E-state index is 0.245. The summed E-state index contributed by atoms with van der Waals surface area (Å²) in [7, 11) is 3.25. The summed E-state index contributed by atoms with van der Waals surface area (Å²) >= 11 is 0. The zero-order chi connectivity index (χ0) is 17.3. The number of alkyl halides is 3. The number of benzene rings is 1. The molecule has 1 heterocycles. The van der Waals surface area contributed by atoms with Crippen molar-refractivity contribution in [3.05, 3.63) is 29.3 Å². The van der Waals surface area contributed by atoms with Gasteiger partial charge in [0.15, 0.2) is 0 Å². The molecule has 0 aromatic heterocycles. The van der Waals surface area contributed by atoms with Gasteiger partial charge in [-0.25, -0.2) is 0 Å². The number of nitrogens with one attached hydrogen (secondary N) is 1. The molecule has 3 N–H and O–H groups in total. The summed E-state index contributed by atoms with van der Waals surface area (Å²) in [4.78, 5) is 0. The van der Waals surface area contributed by atoms with Gasteiger partial charge < -0.3 is 15.8 Å². The number of halogens is 3. The molecule has 3 nitrogen and oxygen atoms in total. The Morgan fingerprint density at radius 3 is 2.27 bits per heavy atom. The molecular formula is C16H27F3N2O. The summed E-state index contributed by atoms with van der Waals surface area (Å²) in [6.07, 6.45) is -2.73. The highest BCUT2D eigenvalue weighted by molar-refractivity contribution is 5.57. The van der Waals surface area contributed by atoms with E-state index in [1.165, 1.54) is 6.07 Å². The Bertz CT molecular complexity index is 436. The summed E-state index contributed by atoms with van der Waals surface area (Å²) in [5.41, 5.74) is 6.57. The van der Waals surface area contributed by atoms with E-state index >= 15 is 0 Å². The first-order valence-corrected chi connectivity index (χ1v) is 7.46. The van der Waals surface area contributed by atoms with E-state index in [9.17, 15) is 13.2 Å². The predicted octanol–water partition coefficient (Wildman–Crippen LogP) is 4.59. The van der Waals surface area contributed by atoms with Crippen LogP contribution in [0.25, 0.3) is 0 Å². The number of nitrogens with two attached hydrogens (primary N) is 1. The van der Waals surface area contributed by atoms with Crippen molar-refractivity contribution in [3.63, 3.8) is 0 Å². The van der Waals surface area contributed by atoms with Crippen LogP contribution in [0.5, 0.6) is 0 Å². The molecule has 1 aliphatic rings. The normalized spacial score (nSPS) is 19.7. The van der Waals surface area contributed by atoms with Crippen LogP contribution in [0.15, 0.2) is 18.2 Å². The molecular weight excluding hydrogens is 293 g/mol. The number of anilines is 1. The van der Waals surface area contributed by atoms with Crippen LogP contribution in [0.1, 0.15) is 50.8 Å². The average Bonchev–Trinajstić information content (AvgIpc) is 2.48. The molecule has 0 saturated heterocycles. The number of ether oxygens (including phenoxy) is 1. The molecule has 6 heteroatoms. The summed E-state index contributed by atoms with van der Waals surface area (Å²) in [6, 6.07) is 3.64. The third kappa shape index (κ3) is 5.85. The van der Waals surface area contributed by atoms with Crippen LogP contribution in [-0.4, -0.2) is 20.3 Å². The first kappa shape index (κ1) is 20.7. The van der Waals surface area contributed by atoms with Gasteiger partial charge in [-0.2, -0.15) is 13.2 Å². The van der Waals surface area contributed by atoms with Gasteiger partial charge in [0.2, 0.25) is 0 Å². The lowest BCUT2D eigenvalue weighted by molar-refractivity contribution is -0.137. The van der Waals surface area contributed by atoms with E-state index in [1.54, 1.807) is 14.2 Å². The maximum absolute atomic E-state index is 12.6. The fraction of sp³-hybridized carbons (Fsp3) is 0.625. The van der Waals surface area contributed by atoms with Crippen molar-refractivity contribution in [2.75, 3.05) is 19.5 Å². The standard InChI is InChI=1S/C12H15F3N2.C2H6O.C2H6/c1-2-8-6-10(16)9-5-7(12(13,14)15)3-4-11(9)17-8;1-3-2;1-2/h3-5,8,10,17H,2,6,16H2,1H3;1-2H3;1-2H3. The molecule has 2 unspecified atom stereocenters. The number of rotatable bonds is 1. The van der Waals surface area contributed by atoms with Crippen molar-refractivity contribution in [2.24, 2.45) is 5.73 Å². The molecule has 0 saturated carbocycles. The van der Waals surface area contributed by atoms with Crippen LogP contribution in [-0.2, 0) is 10.9 Å². The molecule has 0 amide bonds. The second-order valence-corrected chi connectivity index (χ2v) is 4.80. The molecule has 0 spiro atoms. The minimum Gasteiger partial charge on any atom is -0.388 e. The van der Waals surface area contributed by atoms with Crippen molar-refractivity contribution in [1.29, 1.82) is 0 Å². The molecule has 0 bridgehead atoms. The summed E-state index contributed by atoms with van der Waals surface area (Å²) < 4.78 is 41.9. The number of hydrogen-bond donors (Lipinski definition) is 2. The van der Waals surface area contributed by atoms with Gasteiger partial charge in [0, 0.05) is 32.0 Å². The van der Waals surface area contributed by atoms with Crippen LogP contribution in [0.4, 0.5) is 18.9 Å². The lowest BCUT2D eigenvalue weighted by Gasteiger charge is -2.31. The van der Waals surface area contributed by atoms with Crippen molar-refractivity contribution >= 4 is 5.69 Å². The lowest BCUT2D eigenvalue weighted by atomic mass is 9.91. The molecule has 0 aliphatic carbocycles. The lowest BCUT2D eigenvalue weighted by Crippen LogP contribution is -2.31. The third-order valence-electron chi connectivity index (χ3n) is 3.17. The average molecular weight is 320 g/mol. The molecule has 0 fully saturated rings. The molecule has 1 aliphatic heterocycles. The number of fused-ring (bicyclic) bond motifs is 1. The van der Waals surface area contributed by atoms with Gasteiger partial charge in [-0.15, -0.1) is 0 Å². The maximum Gasteiger partial charge on any atom is 0.416 e. The van der Waals surface area contributed by atoms with Gasteiger partial charge in [0.05, 0.1) is 5.56 Å². The van der Waals surface area contributed by atoms with Gasteiger partial charge in [0.1, 0.15) is 0 Å². The van der Waals surface area contributed by atoms with E-state index in [1.807, 2.05) is 20.8 Å². The monoisotopic (exact) mass is 320 g/mol. The van der Waals surface area contributed by atoms with E-state index in [2.05, 4.69) is 10.1 Å². The molecule has 1 aromatic carbocycles. The Hall–Kier alpha value is -1.27. The third-order valence-corrected chi connectivity index (χ3v) is 3.17. The van der Waals surface area contributed by atoms with Crippen LogP contribution in [0, 0.1) is 0 Å². The van der Waals surface area contributed by atoms with E-state index < -0.39 is 11.7 Å². The molecule has 128 valence electrons. The smallest absolute Gasteiger partial charge is 0.388 e. The van der Waals surface area contributed by atoms with Gasteiger partial charge in [-0.3, -0.25) is 0 Å². The molecule has 22 heavy (non-hydrogen) atoms. The van der Waals surface area contributed by atoms with Gasteiger partial charge in [-0.05, 0) is 36.6 Å². The highest BCUT2D eigenvalue weighted by Crippen LogP contribution is 2.37. The molecule has 0 radical (unpaired) electrons. The largest absolute Gasteiger partial charge is 0.416 e. The Morgan fingerprint density at radius 2 is 1.82 bits per heavy atom. The summed E-state index contributed by atoms with van der Waals surface area (Å²) in [5, 5.41) is 3.21. The Balaban J connectivity index is 0.000000789. The fourth-order valence-corrected chi connectivity index (χ4v) is 2.16. The highest BCUT2D eigenvalue weighted by atomic mass is 19.4. The van der Waals surface area contributed by atoms with Crippen LogP contribution in [0.3, 0.4) is 0 Å². The molecule has 1 aromatic rings. The molecule has 2 rings (SSSR count). The number of hydrogen-bond acceptors (Lipinski definition) is 3. The van der Waals surface area contributed by atoms with E-state index in [-0.39, 0.29) is 12.1 Å². The Labute approximate surface area is 131 Å². The second kappa shape index (κ2) is 9.69. The topological polar surface area (TPSA) is 47.3 Å². The Morgan fingerprint density at radius 1 is 1.27 bits per heavy atom. The number of methoxy groups -OCH3 is 1. The summed E-state index contributed by atoms with van der Waals surface area (Å²) in [5.74, 6) is 0. The SMILES string of the molecule is CC.CCC1CC(N)c2cc(C(F)(F)F)ccc2N1.COC. The van der Waals surface area contributed by atoms with Crippen LogP contribution in [0.2, 0.25) is 0 Å². The van der Waals surface area contributed by atoms with Crippen LogP contribution >= 0.6 is 0 Å². The van der Waals surface area contributed by atoms with Crippen LogP contribution < -0.4 is 11.1 Å². The zero-order valence-electron chi connectivity index (χ0n) is 13.9. The van der Waals surface area contributed by atoms with E-state index in [0.29, 0.717) is 12.0 Å².